The molecule has 2 aromatic rings. The van der Waals surface area contributed by atoms with Gasteiger partial charge >= 0.3 is 0 Å². The van der Waals surface area contributed by atoms with Crippen LogP contribution in [0.1, 0.15) is 50.0 Å². The fraction of sp³-hybridized carbons (Fsp3) is 0.562. The Morgan fingerprint density at radius 3 is 2.45 bits per heavy atom. The van der Waals surface area contributed by atoms with Crippen molar-refractivity contribution in [3.63, 3.8) is 0 Å². The second kappa shape index (κ2) is 6.77. The molecule has 0 saturated heterocycles. The van der Waals surface area contributed by atoms with Gasteiger partial charge in [0.1, 0.15) is 11.6 Å². The highest BCUT2D eigenvalue weighted by Gasteiger charge is 2.13. The van der Waals surface area contributed by atoms with Crippen molar-refractivity contribution in [2.24, 2.45) is 0 Å². The van der Waals surface area contributed by atoms with E-state index in [0.717, 1.165) is 17.3 Å². The molecule has 6 heteroatoms. The molecule has 1 saturated carbocycles. The Balaban J connectivity index is 1.71. The van der Waals surface area contributed by atoms with Crippen LogP contribution in [0.5, 0.6) is 0 Å². The molecule has 0 unspecified atom stereocenters. The van der Waals surface area contributed by atoms with Gasteiger partial charge in [-0.05, 0) is 26.7 Å². The van der Waals surface area contributed by atoms with E-state index >= 15 is 0 Å². The number of nitrogens with zero attached hydrogens (tertiary/aromatic N) is 3. The quantitative estimate of drug-likeness (QED) is 0.832. The Hall–Kier alpha value is -2.11. The molecule has 1 aliphatic rings. The lowest BCUT2D eigenvalue weighted by Crippen LogP contribution is -2.19. The smallest absolute Gasteiger partial charge is 0.230 e. The van der Waals surface area contributed by atoms with Crippen LogP contribution in [0.25, 0.3) is 0 Å². The van der Waals surface area contributed by atoms with Crippen LogP contribution in [-0.2, 0) is 0 Å². The zero-order valence-corrected chi connectivity index (χ0v) is 13.2. The van der Waals surface area contributed by atoms with Crippen molar-refractivity contribution in [3.8, 4) is 0 Å². The molecule has 0 atom stereocenters. The highest BCUT2D eigenvalue weighted by atomic mass is 16.5. The molecule has 2 aromatic heterocycles. The summed E-state index contributed by atoms with van der Waals surface area (Å²) >= 11 is 0. The van der Waals surface area contributed by atoms with Gasteiger partial charge in [0.2, 0.25) is 5.95 Å². The first-order valence-corrected chi connectivity index (χ1v) is 8.01. The topological polar surface area (TPSA) is 75.9 Å². The van der Waals surface area contributed by atoms with Crippen LogP contribution in [0, 0.1) is 13.8 Å². The van der Waals surface area contributed by atoms with Gasteiger partial charge in [-0.1, -0.05) is 30.8 Å². The Labute approximate surface area is 130 Å². The van der Waals surface area contributed by atoms with Gasteiger partial charge in [-0.3, -0.25) is 0 Å². The summed E-state index contributed by atoms with van der Waals surface area (Å²) in [6.45, 7) is 3.83. The zero-order valence-electron chi connectivity index (χ0n) is 13.2. The number of aryl methyl sites for hydroxylation is 2. The van der Waals surface area contributed by atoms with Crippen molar-refractivity contribution in [1.82, 2.24) is 15.1 Å². The van der Waals surface area contributed by atoms with E-state index in [0.29, 0.717) is 17.8 Å². The van der Waals surface area contributed by atoms with Gasteiger partial charge in [0.05, 0.1) is 0 Å². The van der Waals surface area contributed by atoms with Gasteiger partial charge in [-0.2, -0.15) is 4.98 Å². The maximum Gasteiger partial charge on any atom is 0.230 e. The molecule has 1 fully saturated rings. The molecule has 118 valence electrons. The third-order valence-corrected chi connectivity index (χ3v) is 3.93. The molecular formula is C16H23N5O. The first kappa shape index (κ1) is 14.8. The predicted octanol–water partition coefficient (Wildman–Crippen LogP) is 3.96. The molecule has 0 radical (unpaired) electrons. The average Bonchev–Trinajstić information content (AvgIpc) is 2.72. The largest absolute Gasteiger partial charge is 0.367 e. The van der Waals surface area contributed by atoms with Gasteiger partial charge in [-0.15, -0.1) is 0 Å². The van der Waals surface area contributed by atoms with Crippen LogP contribution in [0.15, 0.2) is 16.7 Å². The lowest BCUT2D eigenvalue weighted by atomic mass is 10.1. The maximum atomic E-state index is 5.05. The number of nitrogens with one attached hydrogen (secondary N) is 2. The molecule has 0 spiro atoms. The normalized spacial score (nSPS) is 16.3. The van der Waals surface area contributed by atoms with Gasteiger partial charge < -0.3 is 15.2 Å². The highest BCUT2D eigenvalue weighted by Crippen LogP contribution is 2.22. The third-order valence-electron chi connectivity index (χ3n) is 3.93. The van der Waals surface area contributed by atoms with Gasteiger partial charge in [0.25, 0.3) is 0 Å². The molecule has 1 aliphatic carbocycles. The molecule has 6 nitrogen and oxygen atoms in total. The highest BCUT2D eigenvalue weighted by molar-refractivity contribution is 5.51. The zero-order chi connectivity index (χ0) is 15.4. The molecule has 3 rings (SSSR count). The fourth-order valence-electron chi connectivity index (χ4n) is 2.87. The molecule has 2 heterocycles. The van der Waals surface area contributed by atoms with E-state index < -0.39 is 0 Å². The summed E-state index contributed by atoms with van der Waals surface area (Å²) in [6.07, 6.45) is 7.72. The number of aromatic nitrogens is 3. The molecule has 0 bridgehead atoms. The Bertz CT molecular complexity index is 617. The molecule has 0 aromatic carbocycles. The minimum absolute atomic E-state index is 0.513. The van der Waals surface area contributed by atoms with Crippen LogP contribution < -0.4 is 10.6 Å². The van der Waals surface area contributed by atoms with E-state index in [4.69, 9.17) is 4.52 Å². The van der Waals surface area contributed by atoms with E-state index in [1.54, 1.807) is 0 Å². The Kier molecular flexibility index (Phi) is 4.56. The number of hydrogen-bond donors (Lipinski definition) is 2. The predicted molar refractivity (Wildman–Crippen MR) is 86.4 cm³/mol. The first-order chi connectivity index (χ1) is 10.7. The second-order valence-corrected chi connectivity index (χ2v) is 6.00. The van der Waals surface area contributed by atoms with Crippen molar-refractivity contribution in [2.45, 2.75) is 58.4 Å². The van der Waals surface area contributed by atoms with Crippen molar-refractivity contribution in [3.05, 3.63) is 23.6 Å². The SMILES string of the molecule is Cc1cc(NC2CCCCCC2)nc(Nc2cc(C)on2)n1. The van der Waals surface area contributed by atoms with Gasteiger partial charge in [0, 0.05) is 23.9 Å². The third kappa shape index (κ3) is 3.96. The van der Waals surface area contributed by atoms with E-state index in [-0.39, 0.29) is 0 Å². The van der Waals surface area contributed by atoms with Crippen LogP contribution in [0.2, 0.25) is 0 Å². The van der Waals surface area contributed by atoms with Crippen molar-refractivity contribution in [2.75, 3.05) is 10.6 Å². The van der Waals surface area contributed by atoms with Crippen LogP contribution in [0.3, 0.4) is 0 Å². The van der Waals surface area contributed by atoms with E-state index in [9.17, 15) is 0 Å². The van der Waals surface area contributed by atoms with E-state index in [2.05, 4.69) is 25.8 Å². The Morgan fingerprint density at radius 1 is 1.00 bits per heavy atom. The summed E-state index contributed by atoms with van der Waals surface area (Å²) in [5, 5.41) is 10.6. The average molecular weight is 301 g/mol. The van der Waals surface area contributed by atoms with Crippen LogP contribution in [-0.4, -0.2) is 21.2 Å². The van der Waals surface area contributed by atoms with Crippen molar-refractivity contribution < 1.29 is 4.52 Å². The summed E-state index contributed by atoms with van der Waals surface area (Å²) in [5.74, 6) is 2.81. The lowest BCUT2D eigenvalue weighted by Gasteiger charge is -2.17. The molecular weight excluding hydrogens is 278 g/mol. The van der Waals surface area contributed by atoms with Crippen LogP contribution >= 0.6 is 0 Å². The standard InChI is InChI=1S/C16H23N5O/c1-11-9-14(18-13-7-5-3-4-6-8-13)19-16(17-11)20-15-10-12(2)22-21-15/h9-10,13H,3-8H2,1-2H3,(H2,17,18,19,20,21). The summed E-state index contributed by atoms with van der Waals surface area (Å²) in [6, 6.07) is 4.33. The minimum atomic E-state index is 0.513. The molecule has 0 aliphatic heterocycles. The van der Waals surface area contributed by atoms with Gasteiger partial charge in [0.15, 0.2) is 5.82 Å². The second-order valence-electron chi connectivity index (χ2n) is 6.00. The fourth-order valence-corrected chi connectivity index (χ4v) is 2.87. The van der Waals surface area contributed by atoms with Crippen molar-refractivity contribution in [1.29, 1.82) is 0 Å². The molecule has 22 heavy (non-hydrogen) atoms. The summed E-state index contributed by atoms with van der Waals surface area (Å²) in [4.78, 5) is 8.95. The lowest BCUT2D eigenvalue weighted by molar-refractivity contribution is 0.400. The number of anilines is 3. The minimum Gasteiger partial charge on any atom is -0.367 e. The summed E-state index contributed by atoms with van der Waals surface area (Å²) < 4.78 is 5.05. The summed E-state index contributed by atoms with van der Waals surface area (Å²) in [7, 11) is 0. The Morgan fingerprint density at radius 2 is 1.77 bits per heavy atom. The number of hydrogen-bond acceptors (Lipinski definition) is 6. The maximum absolute atomic E-state index is 5.05. The monoisotopic (exact) mass is 301 g/mol. The number of rotatable bonds is 4. The molecule has 2 N–H and O–H groups in total. The van der Waals surface area contributed by atoms with Gasteiger partial charge in [-0.25, -0.2) is 4.98 Å². The van der Waals surface area contributed by atoms with Crippen LogP contribution in [0.4, 0.5) is 17.6 Å². The molecule has 0 amide bonds. The van der Waals surface area contributed by atoms with E-state index in [1.807, 2.05) is 26.0 Å². The van der Waals surface area contributed by atoms with Crippen molar-refractivity contribution >= 4 is 17.6 Å². The summed E-state index contributed by atoms with van der Waals surface area (Å²) in [5.41, 5.74) is 0.925. The van der Waals surface area contributed by atoms with E-state index in [1.165, 1.54) is 38.5 Å². The first-order valence-electron chi connectivity index (χ1n) is 8.01.